The Morgan fingerprint density at radius 2 is 2.08 bits per heavy atom. The number of nitrogens with one attached hydrogen (secondary N) is 1. The molecule has 2 aromatic rings. The molecule has 26 heavy (non-hydrogen) atoms. The molecule has 4 nitrogen and oxygen atoms in total. The average Bonchev–Trinajstić information content (AvgIpc) is 2.67. The summed E-state index contributed by atoms with van der Waals surface area (Å²) in [4.78, 5) is 14.4. The van der Waals surface area contributed by atoms with Gasteiger partial charge in [-0.1, -0.05) is 42.5 Å². The van der Waals surface area contributed by atoms with Gasteiger partial charge in [-0.25, -0.2) is 0 Å². The highest BCUT2D eigenvalue weighted by atomic mass is 16.3. The quantitative estimate of drug-likeness (QED) is 0.786. The molecule has 1 aliphatic rings. The number of aliphatic hydroxyl groups is 1. The molecule has 1 atom stereocenters. The van der Waals surface area contributed by atoms with Gasteiger partial charge in [-0.05, 0) is 48.6 Å². The fraction of sp³-hybridized carbons (Fsp3) is 0.318. The van der Waals surface area contributed by atoms with Crippen molar-refractivity contribution in [3.63, 3.8) is 0 Å². The summed E-state index contributed by atoms with van der Waals surface area (Å²) in [6, 6.07) is 16.1. The SMILES string of the molecule is CC(NC(=O)/C=C\c1ccccc1)c1ccc2c(c1)N(CCO)CCC2. The first-order valence-corrected chi connectivity index (χ1v) is 9.19. The fourth-order valence-corrected chi connectivity index (χ4v) is 3.37. The molecule has 1 amide bonds. The first-order valence-electron chi connectivity index (χ1n) is 9.19. The third-order valence-corrected chi connectivity index (χ3v) is 4.78. The van der Waals surface area contributed by atoms with Gasteiger partial charge in [0.05, 0.1) is 12.6 Å². The lowest BCUT2D eigenvalue weighted by molar-refractivity contribution is -0.117. The second-order valence-electron chi connectivity index (χ2n) is 6.68. The lowest BCUT2D eigenvalue weighted by Gasteiger charge is -2.31. The van der Waals surface area contributed by atoms with Crippen molar-refractivity contribution in [2.24, 2.45) is 0 Å². The number of hydrogen-bond acceptors (Lipinski definition) is 3. The largest absolute Gasteiger partial charge is 0.395 e. The number of β-amino-alcohol motifs (C(OH)–C–C–N with tert-alkyl or cyclic N) is 1. The van der Waals surface area contributed by atoms with Crippen molar-refractivity contribution < 1.29 is 9.90 Å². The van der Waals surface area contributed by atoms with E-state index in [1.807, 2.05) is 43.3 Å². The van der Waals surface area contributed by atoms with E-state index in [0.29, 0.717) is 6.54 Å². The topological polar surface area (TPSA) is 52.6 Å². The number of anilines is 1. The first kappa shape index (κ1) is 18.2. The summed E-state index contributed by atoms with van der Waals surface area (Å²) in [5, 5.41) is 12.3. The minimum absolute atomic E-state index is 0.0777. The molecule has 4 heteroatoms. The molecule has 0 radical (unpaired) electrons. The van der Waals surface area contributed by atoms with E-state index in [1.165, 1.54) is 11.3 Å². The highest BCUT2D eigenvalue weighted by Gasteiger charge is 2.18. The summed E-state index contributed by atoms with van der Waals surface area (Å²) in [6.45, 7) is 3.77. The highest BCUT2D eigenvalue weighted by Crippen LogP contribution is 2.30. The molecule has 0 bridgehead atoms. The van der Waals surface area contributed by atoms with Crippen LogP contribution in [0.5, 0.6) is 0 Å². The van der Waals surface area contributed by atoms with Crippen LogP contribution in [0.15, 0.2) is 54.6 Å². The number of benzene rings is 2. The number of rotatable bonds is 6. The molecule has 1 heterocycles. The van der Waals surface area contributed by atoms with Crippen LogP contribution in [0.3, 0.4) is 0 Å². The molecule has 0 spiro atoms. The Balaban J connectivity index is 1.68. The van der Waals surface area contributed by atoms with E-state index in [-0.39, 0.29) is 18.6 Å². The number of hydrogen-bond donors (Lipinski definition) is 2. The Labute approximate surface area is 155 Å². The monoisotopic (exact) mass is 350 g/mol. The van der Waals surface area contributed by atoms with Crippen LogP contribution in [-0.2, 0) is 11.2 Å². The van der Waals surface area contributed by atoms with Gasteiger partial charge in [0.2, 0.25) is 5.91 Å². The minimum atomic E-state index is -0.105. The second kappa shape index (κ2) is 8.68. The van der Waals surface area contributed by atoms with Crippen LogP contribution >= 0.6 is 0 Å². The Kier molecular flexibility index (Phi) is 6.08. The third-order valence-electron chi connectivity index (χ3n) is 4.78. The summed E-state index contributed by atoms with van der Waals surface area (Å²) < 4.78 is 0. The highest BCUT2D eigenvalue weighted by molar-refractivity contribution is 5.92. The van der Waals surface area contributed by atoms with Gasteiger partial charge in [-0.3, -0.25) is 4.79 Å². The van der Waals surface area contributed by atoms with Gasteiger partial charge in [0.15, 0.2) is 0 Å². The van der Waals surface area contributed by atoms with Gasteiger partial charge in [-0.15, -0.1) is 0 Å². The Bertz CT molecular complexity index is 771. The second-order valence-corrected chi connectivity index (χ2v) is 6.68. The van der Waals surface area contributed by atoms with Gasteiger partial charge < -0.3 is 15.3 Å². The van der Waals surface area contributed by atoms with E-state index in [2.05, 4.69) is 28.4 Å². The zero-order valence-electron chi connectivity index (χ0n) is 15.2. The zero-order chi connectivity index (χ0) is 18.4. The van der Waals surface area contributed by atoms with Crippen molar-refractivity contribution >= 4 is 17.7 Å². The fourth-order valence-electron chi connectivity index (χ4n) is 3.37. The summed E-state index contributed by atoms with van der Waals surface area (Å²) in [5.41, 5.74) is 4.58. The van der Waals surface area contributed by atoms with Crippen LogP contribution in [0.25, 0.3) is 6.08 Å². The molecule has 3 rings (SSSR count). The van der Waals surface area contributed by atoms with Crippen molar-refractivity contribution in [3.8, 4) is 0 Å². The van der Waals surface area contributed by atoms with Crippen molar-refractivity contribution in [1.82, 2.24) is 5.32 Å². The third kappa shape index (κ3) is 4.52. The van der Waals surface area contributed by atoms with E-state index in [9.17, 15) is 9.90 Å². The molecule has 0 saturated carbocycles. The number of carbonyl (C=O) groups excluding carboxylic acids is 1. The van der Waals surface area contributed by atoms with Gasteiger partial charge in [0.25, 0.3) is 0 Å². The average molecular weight is 350 g/mol. The number of fused-ring (bicyclic) bond motifs is 1. The summed E-state index contributed by atoms with van der Waals surface area (Å²) in [7, 11) is 0. The van der Waals surface area contributed by atoms with Crippen LogP contribution in [0.1, 0.15) is 36.1 Å². The van der Waals surface area contributed by atoms with Crippen molar-refractivity contribution in [3.05, 3.63) is 71.3 Å². The number of aliphatic hydroxyl groups excluding tert-OH is 1. The predicted molar refractivity (Wildman–Crippen MR) is 106 cm³/mol. The smallest absolute Gasteiger partial charge is 0.244 e. The van der Waals surface area contributed by atoms with Gasteiger partial charge in [-0.2, -0.15) is 0 Å². The van der Waals surface area contributed by atoms with E-state index >= 15 is 0 Å². The molecular weight excluding hydrogens is 324 g/mol. The molecule has 0 aromatic heterocycles. The predicted octanol–water partition coefficient (Wildman–Crippen LogP) is 3.32. The molecule has 0 fully saturated rings. The molecule has 0 saturated heterocycles. The first-order chi connectivity index (χ1) is 12.7. The molecule has 1 aliphatic heterocycles. The van der Waals surface area contributed by atoms with Crippen LogP contribution < -0.4 is 10.2 Å². The van der Waals surface area contributed by atoms with Crippen molar-refractivity contribution in [2.75, 3.05) is 24.6 Å². The Morgan fingerprint density at radius 3 is 2.85 bits per heavy atom. The number of amides is 1. The van der Waals surface area contributed by atoms with Crippen molar-refractivity contribution in [1.29, 1.82) is 0 Å². The normalized spacial score (nSPS) is 14.9. The van der Waals surface area contributed by atoms with Crippen LogP contribution in [0.4, 0.5) is 5.69 Å². The summed E-state index contributed by atoms with van der Waals surface area (Å²) in [5.74, 6) is -0.105. The molecule has 2 N–H and O–H groups in total. The Hall–Kier alpha value is -2.59. The lowest BCUT2D eigenvalue weighted by atomic mass is 9.97. The summed E-state index contributed by atoms with van der Waals surface area (Å²) in [6.07, 6.45) is 5.57. The zero-order valence-corrected chi connectivity index (χ0v) is 15.2. The molecule has 2 aromatic carbocycles. The van der Waals surface area contributed by atoms with Gasteiger partial charge in [0.1, 0.15) is 0 Å². The standard InChI is InChI=1S/C22H26N2O2/c1-17(23-22(26)12-9-18-6-3-2-4-7-18)20-11-10-19-8-5-13-24(14-15-25)21(19)16-20/h2-4,6-7,9-12,16-17,25H,5,8,13-15H2,1H3,(H,23,26)/b12-9-. The number of aryl methyl sites for hydroxylation is 1. The maximum absolute atomic E-state index is 12.2. The minimum Gasteiger partial charge on any atom is -0.395 e. The van der Waals surface area contributed by atoms with Crippen LogP contribution in [0, 0.1) is 0 Å². The van der Waals surface area contributed by atoms with E-state index < -0.39 is 0 Å². The van der Waals surface area contributed by atoms with Crippen molar-refractivity contribution in [2.45, 2.75) is 25.8 Å². The van der Waals surface area contributed by atoms with Crippen LogP contribution in [0.2, 0.25) is 0 Å². The maximum Gasteiger partial charge on any atom is 0.244 e. The number of nitrogens with zero attached hydrogens (tertiary/aromatic N) is 1. The molecular formula is C22H26N2O2. The maximum atomic E-state index is 12.2. The molecule has 136 valence electrons. The van der Waals surface area contributed by atoms with Crippen LogP contribution in [-0.4, -0.2) is 30.7 Å². The molecule has 1 unspecified atom stereocenters. The summed E-state index contributed by atoms with van der Waals surface area (Å²) >= 11 is 0. The van der Waals surface area contributed by atoms with E-state index in [0.717, 1.165) is 30.5 Å². The van der Waals surface area contributed by atoms with E-state index in [1.54, 1.807) is 6.08 Å². The van der Waals surface area contributed by atoms with Gasteiger partial charge >= 0.3 is 0 Å². The molecule has 0 aliphatic carbocycles. The Morgan fingerprint density at radius 1 is 1.27 bits per heavy atom. The van der Waals surface area contributed by atoms with E-state index in [4.69, 9.17) is 0 Å². The van der Waals surface area contributed by atoms with Gasteiger partial charge in [0, 0.05) is 24.9 Å². The lowest BCUT2D eigenvalue weighted by Crippen LogP contribution is -2.32. The number of carbonyl (C=O) groups is 1.